The first-order valence-electron chi connectivity index (χ1n) is 7.83. The molecular weight excluding hydrogens is 386 g/mol. The van der Waals surface area contributed by atoms with Gasteiger partial charge in [-0.25, -0.2) is 4.68 Å². The van der Waals surface area contributed by atoms with Gasteiger partial charge < -0.3 is 5.32 Å². The maximum atomic E-state index is 12.8. The molecule has 0 bridgehead atoms. The van der Waals surface area contributed by atoms with Crippen molar-refractivity contribution in [2.75, 3.05) is 11.9 Å². The number of benzene rings is 2. The van der Waals surface area contributed by atoms with Crippen LogP contribution in [0.4, 0.5) is 19.0 Å². The second kappa shape index (κ2) is 6.21. The van der Waals surface area contributed by atoms with Crippen molar-refractivity contribution in [2.24, 2.45) is 0 Å². The third-order valence-electron chi connectivity index (χ3n) is 4.28. The molecule has 0 radical (unpaired) electrons. The van der Waals surface area contributed by atoms with Crippen LogP contribution in [0.5, 0.6) is 0 Å². The van der Waals surface area contributed by atoms with Gasteiger partial charge in [-0.15, -0.1) is 0 Å². The van der Waals surface area contributed by atoms with E-state index in [1.165, 1.54) is 12.1 Å². The first-order chi connectivity index (χ1) is 12.3. The van der Waals surface area contributed by atoms with Crippen LogP contribution in [0.15, 0.2) is 42.5 Å². The van der Waals surface area contributed by atoms with E-state index in [4.69, 9.17) is 23.2 Å². The van der Waals surface area contributed by atoms with Crippen LogP contribution in [0.25, 0.3) is 16.9 Å². The predicted octanol–water partition coefficient (Wildman–Crippen LogP) is 5.83. The van der Waals surface area contributed by atoms with Gasteiger partial charge >= 0.3 is 6.18 Å². The van der Waals surface area contributed by atoms with Crippen LogP contribution >= 0.6 is 23.2 Å². The maximum Gasteiger partial charge on any atom is 0.416 e. The fourth-order valence-electron chi connectivity index (χ4n) is 3.03. The molecule has 0 unspecified atom stereocenters. The van der Waals surface area contributed by atoms with E-state index >= 15 is 0 Å². The summed E-state index contributed by atoms with van der Waals surface area (Å²) in [6.07, 6.45) is -3.62. The summed E-state index contributed by atoms with van der Waals surface area (Å²) in [6.45, 7) is 0.738. The summed E-state index contributed by atoms with van der Waals surface area (Å²) < 4.78 is 40.1. The number of nitrogens with zero attached hydrogens (tertiary/aromatic N) is 2. The smallest absolute Gasteiger partial charge is 0.369 e. The highest BCUT2D eigenvalue weighted by molar-refractivity contribution is 6.42. The average Bonchev–Trinajstić information content (AvgIpc) is 3.19. The first-order valence-corrected chi connectivity index (χ1v) is 8.59. The Morgan fingerprint density at radius 1 is 1.00 bits per heavy atom. The van der Waals surface area contributed by atoms with Crippen LogP contribution in [0.3, 0.4) is 0 Å². The van der Waals surface area contributed by atoms with Crippen molar-refractivity contribution in [3.63, 3.8) is 0 Å². The van der Waals surface area contributed by atoms with Crippen molar-refractivity contribution in [3.05, 3.63) is 63.6 Å². The average molecular weight is 398 g/mol. The molecule has 0 aliphatic carbocycles. The molecule has 3 aromatic rings. The van der Waals surface area contributed by atoms with Crippen molar-refractivity contribution in [3.8, 4) is 16.9 Å². The molecule has 26 heavy (non-hydrogen) atoms. The van der Waals surface area contributed by atoms with E-state index in [2.05, 4.69) is 10.4 Å². The van der Waals surface area contributed by atoms with E-state index in [0.717, 1.165) is 42.2 Å². The Kier molecular flexibility index (Phi) is 4.12. The molecule has 1 N–H and O–H groups in total. The third-order valence-corrected chi connectivity index (χ3v) is 5.02. The molecule has 1 aliphatic rings. The number of hydrogen-bond donors (Lipinski definition) is 1. The van der Waals surface area contributed by atoms with Crippen molar-refractivity contribution in [2.45, 2.75) is 12.6 Å². The highest BCUT2D eigenvalue weighted by Crippen LogP contribution is 2.37. The van der Waals surface area contributed by atoms with Crippen molar-refractivity contribution in [1.29, 1.82) is 0 Å². The molecular formula is C18H12Cl2F3N3. The van der Waals surface area contributed by atoms with Crippen molar-refractivity contribution < 1.29 is 13.2 Å². The molecule has 0 fully saturated rings. The Hall–Kier alpha value is -2.18. The minimum absolute atomic E-state index is 0.405. The zero-order valence-corrected chi connectivity index (χ0v) is 14.8. The Morgan fingerprint density at radius 3 is 2.38 bits per heavy atom. The van der Waals surface area contributed by atoms with Gasteiger partial charge in [0.05, 0.1) is 27.0 Å². The molecule has 0 saturated heterocycles. The third kappa shape index (κ3) is 2.93. The monoisotopic (exact) mass is 397 g/mol. The van der Waals surface area contributed by atoms with E-state index in [1.807, 2.05) is 0 Å². The molecule has 8 heteroatoms. The summed E-state index contributed by atoms with van der Waals surface area (Å²) >= 11 is 12.1. The standard InChI is InChI=1S/C18H12Cl2F3N3/c19-14-6-5-12(9-15(14)20)26-17-13(7-8-24-17)16(25-26)10-1-3-11(4-2-10)18(21,22)23/h1-6,9,24H,7-8H2. The number of alkyl halides is 3. The van der Waals surface area contributed by atoms with E-state index in [0.29, 0.717) is 21.3 Å². The second-order valence-electron chi connectivity index (χ2n) is 5.94. The quantitative estimate of drug-likeness (QED) is 0.589. The fourth-order valence-corrected chi connectivity index (χ4v) is 3.32. The van der Waals surface area contributed by atoms with Gasteiger partial charge in [0.25, 0.3) is 0 Å². The topological polar surface area (TPSA) is 29.9 Å². The lowest BCUT2D eigenvalue weighted by molar-refractivity contribution is -0.137. The van der Waals surface area contributed by atoms with E-state index in [-0.39, 0.29) is 0 Å². The molecule has 0 atom stereocenters. The number of anilines is 1. The van der Waals surface area contributed by atoms with E-state index in [1.54, 1.807) is 22.9 Å². The van der Waals surface area contributed by atoms with Crippen LogP contribution < -0.4 is 5.32 Å². The molecule has 1 aromatic heterocycles. The van der Waals surface area contributed by atoms with Crippen molar-refractivity contribution in [1.82, 2.24) is 9.78 Å². The largest absolute Gasteiger partial charge is 0.416 e. The van der Waals surface area contributed by atoms with Gasteiger partial charge in [-0.2, -0.15) is 18.3 Å². The van der Waals surface area contributed by atoms with Crippen LogP contribution in [0, 0.1) is 0 Å². The zero-order chi connectivity index (χ0) is 18.5. The summed E-state index contributed by atoms with van der Waals surface area (Å²) in [6, 6.07) is 10.2. The number of fused-ring (bicyclic) bond motifs is 1. The van der Waals surface area contributed by atoms with Crippen LogP contribution in [-0.4, -0.2) is 16.3 Å². The fraction of sp³-hybridized carbons (Fsp3) is 0.167. The number of rotatable bonds is 2. The highest BCUT2D eigenvalue weighted by Gasteiger charge is 2.30. The molecule has 0 saturated carbocycles. The van der Waals surface area contributed by atoms with Crippen LogP contribution in [-0.2, 0) is 12.6 Å². The molecule has 4 rings (SSSR count). The van der Waals surface area contributed by atoms with Gasteiger partial charge in [-0.3, -0.25) is 0 Å². The van der Waals surface area contributed by atoms with Gasteiger partial charge in [0.15, 0.2) is 0 Å². The minimum Gasteiger partial charge on any atom is -0.369 e. The number of hydrogen-bond acceptors (Lipinski definition) is 2. The molecule has 1 aliphatic heterocycles. The lowest BCUT2D eigenvalue weighted by Crippen LogP contribution is -2.05. The zero-order valence-electron chi connectivity index (χ0n) is 13.2. The Labute approximate surface area is 157 Å². The Morgan fingerprint density at radius 2 is 1.73 bits per heavy atom. The predicted molar refractivity (Wildman–Crippen MR) is 96.2 cm³/mol. The molecule has 0 spiro atoms. The molecule has 2 heterocycles. The van der Waals surface area contributed by atoms with Gasteiger partial charge in [0, 0.05) is 17.7 Å². The minimum atomic E-state index is -4.36. The molecule has 2 aromatic carbocycles. The molecule has 134 valence electrons. The van der Waals surface area contributed by atoms with Crippen LogP contribution in [0.2, 0.25) is 10.0 Å². The maximum absolute atomic E-state index is 12.8. The lowest BCUT2D eigenvalue weighted by Gasteiger charge is -2.08. The molecule has 0 amide bonds. The summed E-state index contributed by atoms with van der Waals surface area (Å²) in [4.78, 5) is 0. The molecule has 3 nitrogen and oxygen atoms in total. The summed E-state index contributed by atoms with van der Waals surface area (Å²) in [5.74, 6) is 0.818. The SMILES string of the molecule is FC(F)(F)c1ccc(-c2nn(-c3ccc(Cl)c(Cl)c3)c3c2CCN3)cc1. The van der Waals surface area contributed by atoms with E-state index in [9.17, 15) is 13.2 Å². The van der Waals surface area contributed by atoms with Crippen LogP contribution in [0.1, 0.15) is 11.1 Å². The van der Waals surface area contributed by atoms with Gasteiger partial charge in [-0.05, 0) is 36.8 Å². The number of halogens is 5. The number of aromatic nitrogens is 2. The van der Waals surface area contributed by atoms with Crippen molar-refractivity contribution >= 4 is 29.0 Å². The summed E-state index contributed by atoms with van der Waals surface area (Å²) in [5, 5.41) is 8.72. The summed E-state index contributed by atoms with van der Waals surface area (Å²) in [5.41, 5.74) is 2.31. The first kappa shape index (κ1) is 17.2. The summed E-state index contributed by atoms with van der Waals surface area (Å²) in [7, 11) is 0. The second-order valence-corrected chi connectivity index (χ2v) is 6.75. The van der Waals surface area contributed by atoms with E-state index < -0.39 is 11.7 Å². The van der Waals surface area contributed by atoms with Gasteiger partial charge in [0.1, 0.15) is 5.82 Å². The highest BCUT2D eigenvalue weighted by atomic mass is 35.5. The Balaban J connectivity index is 1.80. The van der Waals surface area contributed by atoms with Gasteiger partial charge in [-0.1, -0.05) is 35.3 Å². The normalized spacial score (nSPS) is 13.6. The number of nitrogens with one attached hydrogen (secondary N) is 1. The van der Waals surface area contributed by atoms with Gasteiger partial charge in [0.2, 0.25) is 0 Å². The Bertz CT molecular complexity index is 979. The lowest BCUT2D eigenvalue weighted by atomic mass is 10.0.